The Balaban J connectivity index is 3.17. The molecule has 0 atom stereocenters. The van der Waals surface area contributed by atoms with Crippen LogP contribution in [0, 0.1) is 0 Å². The third-order valence-electron chi connectivity index (χ3n) is 0.152. The van der Waals surface area contributed by atoms with Crippen LogP contribution in [0.5, 0.6) is 0 Å². The first-order chi connectivity index (χ1) is 2.56. The van der Waals surface area contributed by atoms with Gasteiger partial charge in [-0.3, -0.25) is 0 Å². The van der Waals surface area contributed by atoms with Crippen LogP contribution in [0.15, 0.2) is 0 Å². The number of hydrogen-bond donors (Lipinski definition) is 0. The van der Waals surface area contributed by atoms with E-state index in [4.69, 9.17) is 0 Å². The quantitative estimate of drug-likeness (QED) is 0.542. The Morgan fingerprint density at radius 1 is 1.67 bits per heavy atom. The molecule has 0 aromatic carbocycles. The van der Waals surface area contributed by atoms with Crippen molar-refractivity contribution >= 4 is 27.5 Å². The Morgan fingerprint density at radius 3 is 1.83 bits per heavy atom. The van der Waals surface area contributed by atoms with E-state index < -0.39 is 10.7 Å². The van der Waals surface area contributed by atoms with Crippen LogP contribution in [0.25, 0.3) is 0 Å². The Bertz CT molecular complexity index is 41.3. The third kappa shape index (κ3) is 4.63. The third-order valence-corrected chi connectivity index (χ3v) is 1.31. The number of hydrogen-bond acceptors (Lipinski definition) is 0. The van der Waals surface area contributed by atoms with Gasteiger partial charge in [-0.15, -0.1) is 0 Å². The highest BCUT2D eigenvalue weighted by Gasteiger charge is 2.21. The van der Waals surface area contributed by atoms with E-state index >= 15 is 0 Å². The molecule has 4 heteroatoms. The molecule has 38 valence electrons. The fourth-order valence-corrected chi connectivity index (χ4v) is 0. The van der Waals surface area contributed by atoms with Crippen LogP contribution >= 0.6 is 27.5 Å². The van der Waals surface area contributed by atoms with E-state index in [1.807, 2.05) is 0 Å². The van der Waals surface area contributed by atoms with Gasteiger partial charge in [0.05, 0.1) is 5.33 Å². The van der Waals surface area contributed by atoms with E-state index in [9.17, 15) is 8.78 Å². The van der Waals surface area contributed by atoms with Crippen molar-refractivity contribution in [1.82, 2.24) is 0 Å². The van der Waals surface area contributed by atoms with Gasteiger partial charge in [0.2, 0.25) is 0 Å². The first-order valence-electron chi connectivity index (χ1n) is 1.19. The second kappa shape index (κ2) is 2.07. The van der Waals surface area contributed by atoms with E-state index in [-0.39, 0.29) is 0 Å². The van der Waals surface area contributed by atoms with Gasteiger partial charge in [0.15, 0.2) is 0 Å². The van der Waals surface area contributed by atoms with Gasteiger partial charge in [-0.05, 0) is 11.6 Å². The van der Waals surface area contributed by atoms with Gasteiger partial charge in [0, 0.05) is 0 Å². The van der Waals surface area contributed by atoms with Crippen LogP contribution in [-0.4, -0.2) is 10.7 Å². The van der Waals surface area contributed by atoms with E-state index in [0.717, 1.165) is 0 Å². The minimum absolute atomic E-state index is 0.485. The number of halogens is 4. The molecule has 0 aliphatic heterocycles. The molecule has 0 heterocycles. The predicted octanol–water partition coefficient (Wildman–Crippen LogP) is 2.21. The van der Waals surface area contributed by atoms with Gasteiger partial charge in [0.1, 0.15) is 0 Å². The average Bonchev–Trinajstić information content (AvgIpc) is 1.35. The molecule has 0 aromatic heterocycles. The Kier molecular flexibility index (Phi) is 2.29. The van der Waals surface area contributed by atoms with E-state index in [0.29, 0.717) is 0 Å². The first-order valence-corrected chi connectivity index (χ1v) is 2.69. The van der Waals surface area contributed by atoms with Crippen LogP contribution in [0.1, 0.15) is 0 Å². The smallest absolute Gasteiger partial charge is 0.187 e. The summed E-state index contributed by atoms with van der Waals surface area (Å²) < 4.78 is 22.3. The zero-order valence-corrected chi connectivity index (χ0v) is 5.06. The molecule has 0 rings (SSSR count). The molecular formula is C2H2BrClF2. The molecule has 0 radical (unpaired) electrons. The van der Waals surface area contributed by atoms with Crippen LogP contribution in [0.4, 0.5) is 8.78 Å². The normalized spacial score (nSPS) is 12.0. The molecule has 0 bridgehead atoms. The Labute approximate surface area is 47.6 Å². The predicted molar refractivity (Wildman–Crippen MR) is 24.6 cm³/mol. The lowest BCUT2D eigenvalue weighted by Gasteiger charge is -1.97. The molecule has 0 saturated heterocycles. The molecule has 0 N–H and O–H groups in total. The van der Waals surface area contributed by atoms with Crippen molar-refractivity contribution in [1.29, 1.82) is 0 Å². The summed E-state index contributed by atoms with van der Waals surface area (Å²) in [5.41, 5.74) is 0. The van der Waals surface area contributed by atoms with E-state index in [2.05, 4.69) is 27.5 Å². The van der Waals surface area contributed by atoms with Crippen LogP contribution in [-0.2, 0) is 0 Å². The number of alkyl halides is 4. The van der Waals surface area contributed by atoms with E-state index in [1.165, 1.54) is 0 Å². The lowest BCUT2D eigenvalue weighted by Crippen LogP contribution is -2.05. The number of rotatable bonds is 1. The van der Waals surface area contributed by atoms with Crippen LogP contribution in [0.3, 0.4) is 0 Å². The van der Waals surface area contributed by atoms with Crippen molar-refractivity contribution < 1.29 is 8.78 Å². The van der Waals surface area contributed by atoms with Gasteiger partial charge in [-0.25, -0.2) is 0 Å². The summed E-state index contributed by atoms with van der Waals surface area (Å²) in [5.74, 6) is 0. The molecule has 0 aromatic rings. The second-order valence-electron chi connectivity index (χ2n) is 0.749. The standard InChI is InChI=1S/C2H2BrClF2/c3-1-2(4,5)6/h1H2. The highest BCUT2D eigenvalue weighted by atomic mass is 79.9. The van der Waals surface area contributed by atoms with Gasteiger partial charge >= 0.3 is 5.38 Å². The zero-order chi connectivity index (χ0) is 5.21. The largest absolute Gasteiger partial charge is 0.331 e. The maximum Gasteiger partial charge on any atom is 0.331 e. The highest BCUT2D eigenvalue weighted by Crippen LogP contribution is 2.20. The molecule has 0 fully saturated rings. The molecular weight excluding hydrogens is 177 g/mol. The molecule has 0 nitrogen and oxygen atoms in total. The summed E-state index contributed by atoms with van der Waals surface area (Å²) in [7, 11) is 0. The molecule has 0 unspecified atom stereocenters. The first kappa shape index (κ1) is 6.63. The molecule has 0 amide bonds. The molecule has 6 heavy (non-hydrogen) atoms. The summed E-state index contributed by atoms with van der Waals surface area (Å²) in [6.45, 7) is 0. The Morgan fingerprint density at radius 2 is 1.83 bits per heavy atom. The van der Waals surface area contributed by atoms with Crippen LogP contribution in [0.2, 0.25) is 0 Å². The topological polar surface area (TPSA) is 0 Å². The van der Waals surface area contributed by atoms with Crippen molar-refractivity contribution in [3.05, 3.63) is 0 Å². The summed E-state index contributed by atoms with van der Waals surface area (Å²) in [6, 6.07) is 0. The fourth-order valence-electron chi connectivity index (χ4n) is 0. The molecule has 0 saturated carbocycles. The lowest BCUT2D eigenvalue weighted by molar-refractivity contribution is 0.126. The molecule has 0 spiro atoms. The minimum Gasteiger partial charge on any atom is -0.187 e. The summed E-state index contributed by atoms with van der Waals surface area (Å²) in [5, 5.41) is -3.55. The van der Waals surface area contributed by atoms with Crippen molar-refractivity contribution in [2.45, 2.75) is 5.38 Å². The maximum atomic E-state index is 11.2. The second-order valence-corrected chi connectivity index (χ2v) is 1.86. The molecule has 0 aliphatic rings. The minimum atomic E-state index is -3.07. The fraction of sp³-hybridized carbons (Fsp3) is 1.00. The van der Waals surface area contributed by atoms with Gasteiger partial charge in [0.25, 0.3) is 0 Å². The average molecular weight is 179 g/mol. The highest BCUT2D eigenvalue weighted by molar-refractivity contribution is 9.09. The van der Waals surface area contributed by atoms with E-state index in [1.54, 1.807) is 0 Å². The van der Waals surface area contributed by atoms with Gasteiger partial charge < -0.3 is 0 Å². The summed E-state index contributed by atoms with van der Waals surface area (Å²) in [6.07, 6.45) is 0. The van der Waals surface area contributed by atoms with Crippen LogP contribution < -0.4 is 0 Å². The summed E-state index contributed by atoms with van der Waals surface area (Å²) in [4.78, 5) is 0. The lowest BCUT2D eigenvalue weighted by atomic mass is 10.9. The van der Waals surface area contributed by atoms with Crippen molar-refractivity contribution in [2.75, 3.05) is 5.33 Å². The van der Waals surface area contributed by atoms with Crippen molar-refractivity contribution in [3.63, 3.8) is 0 Å². The zero-order valence-electron chi connectivity index (χ0n) is 2.72. The van der Waals surface area contributed by atoms with Crippen molar-refractivity contribution in [2.24, 2.45) is 0 Å². The SMILES string of the molecule is FC(F)(Cl)CBr. The Hall–Kier alpha value is 0.630. The van der Waals surface area contributed by atoms with Gasteiger partial charge in [-0.1, -0.05) is 15.9 Å². The monoisotopic (exact) mass is 178 g/mol. The van der Waals surface area contributed by atoms with Crippen molar-refractivity contribution in [3.8, 4) is 0 Å². The molecule has 0 aliphatic carbocycles. The summed E-state index contributed by atoms with van der Waals surface area (Å²) >= 11 is 6.83. The van der Waals surface area contributed by atoms with Gasteiger partial charge in [-0.2, -0.15) is 8.78 Å². The maximum absolute atomic E-state index is 11.2.